The molecule has 174 valence electrons. The van der Waals surface area contributed by atoms with Crippen molar-refractivity contribution in [1.82, 2.24) is 19.8 Å². The van der Waals surface area contributed by atoms with Gasteiger partial charge in [-0.2, -0.15) is 0 Å². The maximum atomic E-state index is 13.6. The summed E-state index contributed by atoms with van der Waals surface area (Å²) in [4.78, 5) is 43.9. The van der Waals surface area contributed by atoms with E-state index in [2.05, 4.69) is 16.4 Å². The minimum absolute atomic E-state index is 0.0609. The Labute approximate surface area is 201 Å². The Bertz CT molecular complexity index is 1410. The van der Waals surface area contributed by atoms with E-state index in [0.29, 0.717) is 18.0 Å². The Kier molecular flexibility index (Phi) is 6.88. The summed E-state index contributed by atoms with van der Waals surface area (Å²) in [7, 11) is 3.32. The van der Waals surface area contributed by atoms with Crippen molar-refractivity contribution in [2.45, 2.75) is 19.9 Å². The van der Waals surface area contributed by atoms with Crippen LogP contribution in [-0.4, -0.2) is 39.9 Å². The lowest BCUT2D eigenvalue weighted by Crippen LogP contribution is -2.34. The van der Waals surface area contributed by atoms with Gasteiger partial charge in [-0.15, -0.1) is 11.3 Å². The first-order valence-electron chi connectivity index (χ1n) is 11.0. The summed E-state index contributed by atoms with van der Waals surface area (Å²) in [6.45, 7) is 2.58. The molecule has 0 aliphatic heterocycles. The van der Waals surface area contributed by atoms with E-state index >= 15 is 0 Å². The molecular weight excluding hydrogens is 448 g/mol. The molecule has 3 heterocycles. The zero-order valence-electron chi connectivity index (χ0n) is 19.4. The molecule has 8 heteroatoms. The van der Waals surface area contributed by atoms with Gasteiger partial charge in [0.2, 0.25) is 11.5 Å². The number of amides is 2. The Morgan fingerprint density at radius 2 is 1.91 bits per heavy atom. The third-order valence-electron chi connectivity index (χ3n) is 5.80. The Morgan fingerprint density at radius 3 is 2.62 bits per heavy atom. The number of benzene rings is 1. The summed E-state index contributed by atoms with van der Waals surface area (Å²) in [5.74, 6) is -0.231. The van der Waals surface area contributed by atoms with Gasteiger partial charge in [0.05, 0.1) is 17.1 Å². The van der Waals surface area contributed by atoms with Gasteiger partial charge in [0.15, 0.2) is 0 Å². The quantitative estimate of drug-likeness (QED) is 0.442. The molecule has 0 saturated heterocycles. The minimum Gasteiger partial charge on any atom is -0.359 e. The van der Waals surface area contributed by atoms with E-state index in [1.807, 2.05) is 49.5 Å². The highest BCUT2D eigenvalue weighted by atomic mass is 32.1. The summed E-state index contributed by atoms with van der Waals surface area (Å²) in [6, 6.07) is 15.0. The Morgan fingerprint density at radius 1 is 1.12 bits per heavy atom. The van der Waals surface area contributed by atoms with Crippen molar-refractivity contribution >= 4 is 33.2 Å². The van der Waals surface area contributed by atoms with Crippen LogP contribution < -0.4 is 10.9 Å². The molecule has 0 spiro atoms. The van der Waals surface area contributed by atoms with Gasteiger partial charge in [0.1, 0.15) is 0 Å². The van der Waals surface area contributed by atoms with Crippen molar-refractivity contribution in [3.05, 3.63) is 87.4 Å². The van der Waals surface area contributed by atoms with E-state index in [-0.39, 0.29) is 23.8 Å². The van der Waals surface area contributed by atoms with Gasteiger partial charge in [0, 0.05) is 50.2 Å². The number of nitrogens with one attached hydrogen (secondary N) is 1. The number of aromatic nitrogens is 2. The molecule has 0 aliphatic rings. The summed E-state index contributed by atoms with van der Waals surface area (Å²) >= 11 is 1.45. The molecule has 0 saturated carbocycles. The normalized spacial score (nSPS) is 10.9. The fraction of sp³-hybridized carbons (Fsp3) is 0.231. The summed E-state index contributed by atoms with van der Waals surface area (Å²) in [5, 5.41) is 3.62. The van der Waals surface area contributed by atoms with Gasteiger partial charge in [0.25, 0.3) is 5.91 Å². The van der Waals surface area contributed by atoms with Crippen molar-refractivity contribution in [2.75, 3.05) is 13.6 Å². The third kappa shape index (κ3) is 4.92. The van der Waals surface area contributed by atoms with Crippen LogP contribution in [-0.2, 0) is 18.4 Å². The van der Waals surface area contributed by atoms with Crippen molar-refractivity contribution in [2.24, 2.45) is 7.05 Å². The first-order chi connectivity index (χ1) is 16.4. The van der Waals surface area contributed by atoms with E-state index in [1.54, 1.807) is 35.8 Å². The van der Waals surface area contributed by atoms with Gasteiger partial charge >= 0.3 is 0 Å². The van der Waals surface area contributed by atoms with Crippen LogP contribution in [0.4, 0.5) is 0 Å². The maximum Gasteiger partial charge on any atom is 0.264 e. The molecule has 0 atom stereocenters. The van der Waals surface area contributed by atoms with Crippen molar-refractivity contribution in [3.8, 4) is 11.1 Å². The van der Waals surface area contributed by atoms with Crippen molar-refractivity contribution < 1.29 is 9.59 Å². The predicted molar refractivity (Wildman–Crippen MR) is 135 cm³/mol. The number of aryl methyl sites for hydroxylation is 2. The van der Waals surface area contributed by atoms with Crippen LogP contribution in [0.5, 0.6) is 0 Å². The summed E-state index contributed by atoms with van der Waals surface area (Å²) < 4.78 is 2.56. The molecule has 0 radical (unpaired) electrons. The van der Waals surface area contributed by atoms with Crippen LogP contribution in [0.2, 0.25) is 0 Å². The topological polar surface area (TPSA) is 84.3 Å². The van der Waals surface area contributed by atoms with E-state index < -0.39 is 0 Å². The second-order valence-electron chi connectivity index (χ2n) is 8.11. The molecular formula is C26H26N4O3S. The Hall–Kier alpha value is -3.78. The first-order valence-corrected chi connectivity index (χ1v) is 11.8. The first kappa shape index (κ1) is 23.4. The van der Waals surface area contributed by atoms with Gasteiger partial charge in [-0.1, -0.05) is 12.1 Å². The molecule has 0 fully saturated rings. The van der Waals surface area contributed by atoms with Crippen LogP contribution >= 0.6 is 11.3 Å². The summed E-state index contributed by atoms with van der Waals surface area (Å²) in [5.41, 5.74) is 3.53. The average Bonchev–Trinajstić information content (AvgIpc) is 3.19. The molecule has 1 N–H and O–H groups in total. The van der Waals surface area contributed by atoms with Crippen molar-refractivity contribution in [3.63, 3.8) is 0 Å². The molecule has 34 heavy (non-hydrogen) atoms. The molecule has 4 rings (SSSR count). The number of thiophene rings is 1. The minimum atomic E-state index is -0.117. The molecule has 7 nitrogen and oxygen atoms in total. The van der Waals surface area contributed by atoms with E-state index in [0.717, 1.165) is 32.5 Å². The molecule has 0 unspecified atom stereocenters. The van der Waals surface area contributed by atoms with Gasteiger partial charge in [-0.05, 0) is 59.3 Å². The fourth-order valence-corrected chi connectivity index (χ4v) is 4.97. The van der Waals surface area contributed by atoms with E-state index in [9.17, 15) is 14.4 Å². The SMILES string of the molecule is CNC(=O)CCN(Cc1ccccn1)C(=O)c1sc2ccc(-c3ccc(=O)n(C)c3)cc2c1C. The number of pyridine rings is 2. The highest BCUT2D eigenvalue weighted by Gasteiger charge is 2.23. The number of rotatable bonds is 7. The zero-order chi connectivity index (χ0) is 24.2. The second kappa shape index (κ2) is 10.0. The zero-order valence-corrected chi connectivity index (χ0v) is 20.2. The van der Waals surface area contributed by atoms with Gasteiger partial charge < -0.3 is 14.8 Å². The highest BCUT2D eigenvalue weighted by Crippen LogP contribution is 2.35. The fourth-order valence-electron chi connectivity index (χ4n) is 3.81. The molecule has 2 amide bonds. The lowest BCUT2D eigenvalue weighted by Gasteiger charge is -2.22. The molecule has 1 aromatic carbocycles. The number of hydrogen-bond donors (Lipinski definition) is 1. The van der Waals surface area contributed by atoms with Crippen LogP contribution in [0.25, 0.3) is 21.2 Å². The second-order valence-corrected chi connectivity index (χ2v) is 9.16. The van der Waals surface area contributed by atoms with Gasteiger partial charge in [-0.3, -0.25) is 19.4 Å². The third-order valence-corrected chi connectivity index (χ3v) is 7.06. The standard InChI is InChI=1S/C26H26N4O3S/c1-17-21-14-18(19-8-10-24(32)29(3)15-19)7-9-22(21)34-25(17)26(33)30(13-11-23(31)27-2)16-20-6-4-5-12-28-20/h4-10,12,14-15H,11,13,16H2,1-3H3,(H,27,31). The smallest absolute Gasteiger partial charge is 0.264 e. The lowest BCUT2D eigenvalue weighted by molar-refractivity contribution is -0.120. The van der Waals surface area contributed by atoms with Gasteiger partial charge in [-0.25, -0.2) is 0 Å². The van der Waals surface area contributed by atoms with E-state index in [4.69, 9.17) is 0 Å². The van der Waals surface area contributed by atoms with Crippen LogP contribution in [0.1, 0.15) is 27.3 Å². The highest BCUT2D eigenvalue weighted by molar-refractivity contribution is 7.21. The predicted octanol–water partition coefficient (Wildman–Crippen LogP) is 3.75. The maximum absolute atomic E-state index is 13.6. The van der Waals surface area contributed by atoms with Crippen molar-refractivity contribution in [1.29, 1.82) is 0 Å². The number of carbonyl (C=O) groups excluding carboxylic acids is 2. The number of carbonyl (C=O) groups is 2. The largest absolute Gasteiger partial charge is 0.359 e. The molecule has 0 bridgehead atoms. The number of fused-ring (bicyclic) bond motifs is 1. The molecule has 4 aromatic rings. The summed E-state index contributed by atoms with van der Waals surface area (Å²) in [6.07, 6.45) is 3.73. The lowest BCUT2D eigenvalue weighted by atomic mass is 10.0. The number of nitrogens with zero attached hydrogens (tertiary/aromatic N) is 3. The number of hydrogen-bond acceptors (Lipinski definition) is 5. The Balaban J connectivity index is 1.68. The molecule has 0 aliphatic carbocycles. The van der Waals surface area contributed by atoms with Crippen LogP contribution in [0, 0.1) is 6.92 Å². The van der Waals surface area contributed by atoms with Crippen LogP contribution in [0.15, 0.2) is 65.7 Å². The monoisotopic (exact) mass is 474 g/mol. The average molecular weight is 475 g/mol. The molecule has 3 aromatic heterocycles. The van der Waals surface area contributed by atoms with E-state index in [1.165, 1.54) is 11.3 Å². The van der Waals surface area contributed by atoms with Crippen LogP contribution in [0.3, 0.4) is 0 Å².